The molecule has 3 nitrogen and oxygen atoms in total. The molecule has 2 rings (SSSR count). The zero-order valence-electron chi connectivity index (χ0n) is 9.79. The van der Waals surface area contributed by atoms with Crippen LogP contribution in [0.5, 0.6) is 0 Å². The molecule has 0 saturated carbocycles. The van der Waals surface area contributed by atoms with Gasteiger partial charge in [-0.3, -0.25) is 4.79 Å². The second kappa shape index (κ2) is 4.45. The Hall–Kier alpha value is -1.42. The normalized spacial score (nSPS) is 23.9. The average molecular weight is 237 g/mol. The topological polar surface area (TPSA) is 49.3 Å². The smallest absolute Gasteiger partial charge is 0.324 e. The van der Waals surface area contributed by atoms with Crippen molar-refractivity contribution in [2.24, 2.45) is 0 Å². The molecule has 92 valence electrons. The Morgan fingerprint density at radius 2 is 2.35 bits per heavy atom. The Balaban J connectivity index is 2.26. The van der Waals surface area contributed by atoms with Gasteiger partial charge in [0.05, 0.1) is 0 Å². The van der Waals surface area contributed by atoms with E-state index < -0.39 is 11.5 Å². The zero-order chi connectivity index (χ0) is 12.5. The average Bonchev–Trinajstić information content (AvgIpc) is 2.72. The third kappa shape index (κ3) is 2.31. The Kier molecular flexibility index (Phi) is 3.15. The van der Waals surface area contributed by atoms with Crippen molar-refractivity contribution in [3.8, 4) is 0 Å². The van der Waals surface area contributed by atoms with Gasteiger partial charge >= 0.3 is 5.97 Å². The number of carboxylic acid groups (broad SMARTS) is 1. The van der Waals surface area contributed by atoms with Crippen molar-refractivity contribution in [1.29, 1.82) is 0 Å². The third-order valence-corrected chi connectivity index (χ3v) is 3.45. The molecule has 0 aliphatic carbocycles. The lowest BCUT2D eigenvalue weighted by atomic mass is 9.87. The summed E-state index contributed by atoms with van der Waals surface area (Å²) in [6.07, 6.45) is 1.90. The first-order valence-corrected chi connectivity index (χ1v) is 5.77. The highest BCUT2D eigenvalue weighted by Crippen LogP contribution is 2.26. The first-order chi connectivity index (χ1) is 8.03. The minimum absolute atomic E-state index is 0.282. The summed E-state index contributed by atoms with van der Waals surface area (Å²) in [5.74, 6) is -1.10. The van der Waals surface area contributed by atoms with E-state index in [0.717, 1.165) is 24.1 Å². The van der Waals surface area contributed by atoms with E-state index in [9.17, 15) is 14.3 Å². The molecular formula is C13H16FNO2. The number of hydrogen-bond donors (Lipinski definition) is 2. The number of carbonyl (C=O) groups is 1. The van der Waals surface area contributed by atoms with Gasteiger partial charge in [0.2, 0.25) is 0 Å². The molecule has 1 heterocycles. The Morgan fingerprint density at radius 3 is 2.88 bits per heavy atom. The molecule has 17 heavy (non-hydrogen) atoms. The fourth-order valence-corrected chi connectivity index (χ4v) is 2.40. The minimum Gasteiger partial charge on any atom is -0.480 e. The van der Waals surface area contributed by atoms with Crippen molar-refractivity contribution in [2.45, 2.75) is 31.7 Å². The monoisotopic (exact) mass is 237 g/mol. The Labute approximate surface area is 99.7 Å². The largest absolute Gasteiger partial charge is 0.480 e. The summed E-state index contributed by atoms with van der Waals surface area (Å²) in [6, 6.07) is 4.50. The molecule has 2 N–H and O–H groups in total. The quantitative estimate of drug-likeness (QED) is 0.844. The lowest BCUT2D eigenvalue weighted by Gasteiger charge is -2.25. The van der Waals surface area contributed by atoms with Crippen LogP contribution in [0.3, 0.4) is 0 Å². The maximum atomic E-state index is 13.0. The number of aliphatic carboxylic acids is 1. The van der Waals surface area contributed by atoms with Gasteiger partial charge < -0.3 is 10.4 Å². The fraction of sp³-hybridized carbons (Fsp3) is 0.462. The molecule has 0 bridgehead atoms. The molecule has 4 heteroatoms. The van der Waals surface area contributed by atoms with E-state index in [1.807, 2.05) is 6.92 Å². The number of nitrogens with one attached hydrogen (secondary N) is 1. The highest BCUT2D eigenvalue weighted by atomic mass is 19.1. The number of hydrogen-bond acceptors (Lipinski definition) is 2. The molecule has 0 aromatic heterocycles. The van der Waals surface area contributed by atoms with Crippen LogP contribution < -0.4 is 5.32 Å². The molecule has 0 radical (unpaired) electrons. The van der Waals surface area contributed by atoms with Gasteiger partial charge in [0.1, 0.15) is 11.4 Å². The van der Waals surface area contributed by atoms with Gasteiger partial charge in [0, 0.05) is 6.42 Å². The van der Waals surface area contributed by atoms with Crippen molar-refractivity contribution >= 4 is 5.97 Å². The predicted molar refractivity (Wildman–Crippen MR) is 62.4 cm³/mol. The summed E-state index contributed by atoms with van der Waals surface area (Å²) in [4.78, 5) is 11.4. The van der Waals surface area contributed by atoms with E-state index in [4.69, 9.17) is 0 Å². The van der Waals surface area contributed by atoms with E-state index in [1.165, 1.54) is 12.1 Å². The van der Waals surface area contributed by atoms with E-state index in [-0.39, 0.29) is 5.82 Å². The molecule has 1 aromatic rings. The van der Waals surface area contributed by atoms with Gasteiger partial charge in [-0.25, -0.2) is 4.39 Å². The van der Waals surface area contributed by atoms with Gasteiger partial charge in [-0.1, -0.05) is 6.07 Å². The van der Waals surface area contributed by atoms with Crippen molar-refractivity contribution < 1.29 is 14.3 Å². The summed E-state index contributed by atoms with van der Waals surface area (Å²) in [5.41, 5.74) is 0.824. The van der Waals surface area contributed by atoms with E-state index in [2.05, 4.69) is 5.32 Å². The van der Waals surface area contributed by atoms with Crippen molar-refractivity contribution in [1.82, 2.24) is 5.32 Å². The molecular weight excluding hydrogens is 221 g/mol. The fourth-order valence-electron chi connectivity index (χ4n) is 2.40. The summed E-state index contributed by atoms with van der Waals surface area (Å²) < 4.78 is 13.0. The number of aryl methyl sites for hydroxylation is 1. The Morgan fingerprint density at radius 1 is 1.59 bits per heavy atom. The molecule has 1 fully saturated rings. The SMILES string of the molecule is Cc1cc(F)ccc1CC1(C(=O)O)CCCN1. The second-order valence-electron chi connectivity index (χ2n) is 4.67. The Bertz CT molecular complexity index is 439. The first kappa shape index (κ1) is 12.0. The number of halogens is 1. The predicted octanol–water partition coefficient (Wildman–Crippen LogP) is 1.88. The summed E-state index contributed by atoms with van der Waals surface area (Å²) in [5, 5.41) is 12.4. The molecule has 1 atom stereocenters. The van der Waals surface area contributed by atoms with Gasteiger partial charge in [0.25, 0.3) is 0 Å². The van der Waals surface area contributed by atoms with Crippen LogP contribution in [0, 0.1) is 12.7 Å². The first-order valence-electron chi connectivity index (χ1n) is 5.77. The maximum Gasteiger partial charge on any atom is 0.324 e. The van der Waals surface area contributed by atoms with E-state index >= 15 is 0 Å². The maximum absolute atomic E-state index is 13.0. The molecule has 1 aromatic carbocycles. The highest BCUT2D eigenvalue weighted by Gasteiger charge is 2.41. The van der Waals surface area contributed by atoms with Gasteiger partial charge in [-0.15, -0.1) is 0 Å². The van der Waals surface area contributed by atoms with Gasteiger partial charge in [-0.05, 0) is 49.6 Å². The molecule has 0 amide bonds. The lowest BCUT2D eigenvalue weighted by Crippen LogP contribution is -2.49. The van der Waals surface area contributed by atoms with Crippen LogP contribution in [-0.4, -0.2) is 23.2 Å². The van der Waals surface area contributed by atoms with E-state index in [0.29, 0.717) is 12.8 Å². The lowest BCUT2D eigenvalue weighted by molar-refractivity contribution is -0.144. The van der Waals surface area contributed by atoms with Crippen molar-refractivity contribution in [2.75, 3.05) is 6.54 Å². The molecule has 1 saturated heterocycles. The van der Waals surface area contributed by atoms with E-state index in [1.54, 1.807) is 6.07 Å². The van der Waals surface area contributed by atoms with Crippen LogP contribution in [-0.2, 0) is 11.2 Å². The standard InChI is InChI=1S/C13H16FNO2/c1-9-7-11(14)4-3-10(9)8-13(12(16)17)5-2-6-15-13/h3-4,7,15H,2,5-6,8H2,1H3,(H,16,17). The number of carboxylic acids is 1. The minimum atomic E-state index is -0.872. The van der Waals surface area contributed by atoms with Gasteiger partial charge in [0.15, 0.2) is 0 Å². The molecule has 0 spiro atoms. The molecule has 1 aliphatic rings. The zero-order valence-corrected chi connectivity index (χ0v) is 9.79. The van der Waals surface area contributed by atoms with Crippen LogP contribution in [0.15, 0.2) is 18.2 Å². The summed E-state index contributed by atoms with van der Waals surface area (Å²) in [7, 11) is 0. The second-order valence-corrected chi connectivity index (χ2v) is 4.67. The molecule has 1 aliphatic heterocycles. The molecule has 1 unspecified atom stereocenters. The van der Waals surface area contributed by atoms with Crippen LogP contribution >= 0.6 is 0 Å². The van der Waals surface area contributed by atoms with Crippen LogP contribution in [0.4, 0.5) is 4.39 Å². The number of rotatable bonds is 3. The van der Waals surface area contributed by atoms with Crippen LogP contribution in [0.25, 0.3) is 0 Å². The summed E-state index contributed by atoms with van der Waals surface area (Å²) >= 11 is 0. The third-order valence-electron chi connectivity index (χ3n) is 3.45. The van der Waals surface area contributed by atoms with Gasteiger partial charge in [-0.2, -0.15) is 0 Å². The van der Waals surface area contributed by atoms with Crippen LogP contribution in [0.2, 0.25) is 0 Å². The summed E-state index contributed by atoms with van der Waals surface area (Å²) in [6.45, 7) is 2.54. The van der Waals surface area contributed by atoms with Crippen molar-refractivity contribution in [3.63, 3.8) is 0 Å². The van der Waals surface area contributed by atoms with Crippen LogP contribution in [0.1, 0.15) is 24.0 Å². The number of benzene rings is 1. The van der Waals surface area contributed by atoms with Crippen molar-refractivity contribution in [3.05, 3.63) is 35.1 Å². The highest BCUT2D eigenvalue weighted by molar-refractivity contribution is 5.79.